The van der Waals surface area contributed by atoms with E-state index in [2.05, 4.69) is 0 Å². The first-order valence-electron chi connectivity index (χ1n) is 6.59. The van der Waals surface area contributed by atoms with Gasteiger partial charge in [0.1, 0.15) is 0 Å². The number of aliphatic hydroxyl groups excluding tert-OH is 1. The van der Waals surface area contributed by atoms with E-state index in [1.54, 1.807) is 30.5 Å². The normalized spacial score (nSPS) is 11.9. The standard InChI is InChI=1S/C16H15NO3S/c18-11-15-8-4-7-14-9-10-17(16(14)15)21(19,20)12-13-5-2-1-3-6-13/h1-10,18H,11-12H2. The molecule has 0 amide bonds. The molecule has 2 aromatic carbocycles. The number of hydrogen-bond donors (Lipinski definition) is 1. The fourth-order valence-corrected chi connectivity index (χ4v) is 3.95. The predicted molar refractivity (Wildman–Crippen MR) is 82.3 cm³/mol. The van der Waals surface area contributed by atoms with E-state index in [9.17, 15) is 13.5 Å². The van der Waals surface area contributed by atoms with Crippen molar-refractivity contribution in [2.24, 2.45) is 0 Å². The summed E-state index contributed by atoms with van der Waals surface area (Å²) in [6, 6.07) is 16.2. The van der Waals surface area contributed by atoms with Crippen molar-refractivity contribution in [3.05, 3.63) is 71.9 Å². The number of nitrogens with zero attached hydrogens (tertiary/aromatic N) is 1. The summed E-state index contributed by atoms with van der Waals surface area (Å²) in [4.78, 5) is 0. The van der Waals surface area contributed by atoms with Crippen LogP contribution in [0.1, 0.15) is 11.1 Å². The fourth-order valence-electron chi connectivity index (χ4n) is 2.45. The molecule has 3 aromatic rings. The summed E-state index contributed by atoms with van der Waals surface area (Å²) < 4.78 is 26.5. The van der Waals surface area contributed by atoms with Gasteiger partial charge in [-0.1, -0.05) is 48.5 Å². The van der Waals surface area contributed by atoms with Gasteiger partial charge in [-0.15, -0.1) is 0 Å². The third-order valence-corrected chi connectivity index (χ3v) is 5.02. The van der Waals surface area contributed by atoms with Gasteiger partial charge in [0.05, 0.1) is 17.9 Å². The molecule has 0 spiro atoms. The minimum Gasteiger partial charge on any atom is -0.392 e. The van der Waals surface area contributed by atoms with Crippen LogP contribution in [0.3, 0.4) is 0 Å². The van der Waals surface area contributed by atoms with Gasteiger partial charge in [-0.2, -0.15) is 0 Å². The molecule has 0 fully saturated rings. The lowest BCUT2D eigenvalue weighted by Gasteiger charge is -2.10. The Morgan fingerprint density at radius 2 is 1.71 bits per heavy atom. The molecule has 0 unspecified atom stereocenters. The SMILES string of the molecule is O=S(=O)(Cc1ccccc1)n1ccc2cccc(CO)c21. The van der Waals surface area contributed by atoms with E-state index in [4.69, 9.17) is 0 Å². The Bertz CT molecular complexity index is 867. The van der Waals surface area contributed by atoms with Crippen molar-refractivity contribution in [1.82, 2.24) is 3.97 Å². The highest BCUT2D eigenvalue weighted by molar-refractivity contribution is 7.89. The molecule has 4 nitrogen and oxygen atoms in total. The van der Waals surface area contributed by atoms with Crippen LogP contribution >= 0.6 is 0 Å². The summed E-state index contributed by atoms with van der Waals surface area (Å²) >= 11 is 0. The van der Waals surface area contributed by atoms with Crippen molar-refractivity contribution >= 4 is 20.9 Å². The zero-order valence-corrected chi connectivity index (χ0v) is 12.1. The van der Waals surface area contributed by atoms with Gasteiger partial charge >= 0.3 is 0 Å². The molecule has 0 saturated heterocycles. The monoisotopic (exact) mass is 301 g/mol. The zero-order chi connectivity index (χ0) is 14.9. The molecule has 1 heterocycles. The Morgan fingerprint density at radius 1 is 0.952 bits per heavy atom. The minimum absolute atomic E-state index is 0.0720. The molecular formula is C16H15NO3S. The van der Waals surface area contributed by atoms with E-state index in [0.29, 0.717) is 11.1 Å². The number of rotatable bonds is 4. The lowest BCUT2D eigenvalue weighted by molar-refractivity contribution is 0.283. The van der Waals surface area contributed by atoms with E-state index < -0.39 is 10.0 Å². The van der Waals surface area contributed by atoms with Gasteiger partial charge in [0.25, 0.3) is 0 Å². The maximum Gasteiger partial charge on any atom is 0.243 e. The van der Waals surface area contributed by atoms with Crippen molar-refractivity contribution < 1.29 is 13.5 Å². The number of aliphatic hydroxyl groups is 1. The van der Waals surface area contributed by atoms with Crippen LogP contribution in [-0.2, 0) is 22.4 Å². The predicted octanol–water partition coefficient (Wildman–Crippen LogP) is 2.51. The maximum absolute atomic E-state index is 12.6. The molecular weight excluding hydrogens is 286 g/mol. The largest absolute Gasteiger partial charge is 0.392 e. The molecule has 0 atom stereocenters. The molecule has 1 aromatic heterocycles. The Balaban J connectivity index is 2.11. The van der Waals surface area contributed by atoms with E-state index in [0.717, 1.165) is 10.9 Å². The molecule has 108 valence electrons. The van der Waals surface area contributed by atoms with E-state index in [-0.39, 0.29) is 12.4 Å². The fraction of sp³-hybridized carbons (Fsp3) is 0.125. The molecule has 0 aliphatic carbocycles. The molecule has 3 rings (SSSR count). The minimum atomic E-state index is -3.52. The molecule has 0 aliphatic rings. The Hall–Kier alpha value is -2.11. The molecule has 1 N–H and O–H groups in total. The summed E-state index contributed by atoms with van der Waals surface area (Å²) in [6.07, 6.45) is 1.54. The first-order chi connectivity index (χ1) is 10.1. The lowest BCUT2D eigenvalue weighted by Crippen LogP contribution is -2.14. The van der Waals surface area contributed by atoms with Gasteiger partial charge in [0, 0.05) is 17.1 Å². The molecule has 21 heavy (non-hydrogen) atoms. The quantitative estimate of drug-likeness (QED) is 0.805. The average molecular weight is 301 g/mol. The Labute approximate surface area is 123 Å². The van der Waals surface area contributed by atoms with Crippen molar-refractivity contribution in [1.29, 1.82) is 0 Å². The molecule has 0 saturated carbocycles. The summed E-state index contributed by atoms with van der Waals surface area (Å²) in [5.74, 6) is -0.0720. The number of benzene rings is 2. The lowest BCUT2D eigenvalue weighted by atomic mass is 10.1. The second-order valence-electron chi connectivity index (χ2n) is 4.87. The smallest absolute Gasteiger partial charge is 0.243 e. The van der Waals surface area contributed by atoms with Crippen molar-refractivity contribution in [2.45, 2.75) is 12.4 Å². The summed E-state index contributed by atoms with van der Waals surface area (Å²) in [5.41, 5.74) is 1.89. The topological polar surface area (TPSA) is 59.3 Å². The van der Waals surface area contributed by atoms with Gasteiger partial charge in [-0.25, -0.2) is 12.4 Å². The van der Waals surface area contributed by atoms with Crippen LogP contribution in [0.2, 0.25) is 0 Å². The summed E-state index contributed by atoms with van der Waals surface area (Å²) in [6.45, 7) is -0.192. The highest BCUT2D eigenvalue weighted by atomic mass is 32.2. The first-order valence-corrected chi connectivity index (χ1v) is 8.20. The van der Waals surface area contributed by atoms with Crippen LogP contribution < -0.4 is 0 Å². The maximum atomic E-state index is 12.6. The summed E-state index contributed by atoms with van der Waals surface area (Å²) in [7, 11) is -3.52. The van der Waals surface area contributed by atoms with Crippen LogP contribution in [0.15, 0.2) is 60.8 Å². The van der Waals surface area contributed by atoms with E-state index in [1.165, 1.54) is 3.97 Å². The average Bonchev–Trinajstić information content (AvgIpc) is 2.92. The molecule has 5 heteroatoms. The van der Waals surface area contributed by atoms with E-state index in [1.807, 2.05) is 30.3 Å². The van der Waals surface area contributed by atoms with Crippen LogP contribution in [-0.4, -0.2) is 17.5 Å². The van der Waals surface area contributed by atoms with Gasteiger partial charge in [0.15, 0.2) is 0 Å². The first kappa shape index (κ1) is 13.9. The van der Waals surface area contributed by atoms with Crippen molar-refractivity contribution in [2.75, 3.05) is 0 Å². The van der Waals surface area contributed by atoms with Gasteiger partial charge in [-0.05, 0) is 11.6 Å². The number of para-hydroxylation sites is 1. The second-order valence-corrected chi connectivity index (χ2v) is 6.71. The second kappa shape index (κ2) is 5.35. The number of hydrogen-bond acceptors (Lipinski definition) is 3. The molecule has 0 bridgehead atoms. The van der Waals surface area contributed by atoms with Crippen LogP contribution in [0, 0.1) is 0 Å². The highest BCUT2D eigenvalue weighted by Crippen LogP contribution is 2.23. The van der Waals surface area contributed by atoms with Crippen molar-refractivity contribution in [3.63, 3.8) is 0 Å². The summed E-state index contributed by atoms with van der Waals surface area (Å²) in [5, 5.41) is 10.2. The third kappa shape index (κ3) is 2.57. The van der Waals surface area contributed by atoms with Gasteiger partial charge in [0.2, 0.25) is 10.0 Å². The number of fused-ring (bicyclic) bond motifs is 1. The molecule has 0 aliphatic heterocycles. The Kier molecular flexibility index (Phi) is 3.53. The van der Waals surface area contributed by atoms with Crippen molar-refractivity contribution in [3.8, 4) is 0 Å². The van der Waals surface area contributed by atoms with Gasteiger partial charge in [-0.3, -0.25) is 0 Å². The zero-order valence-electron chi connectivity index (χ0n) is 11.3. The van der Waals surface area contributed by atoms with Crippen LogP contribution in [0.25, 0.3) is 10.9 Å². The van der Waals surface area contributed by atoms with Gasteiger partial charge < -0.3 is 5.11 Å². The van der Waals surface area contributed by atoms with Crippen LogP contribution in [0.4, 0.5) is 0 Å². The Morgan fingerprint density at radius 3 is 2.43 bits per heavy atom. The van der Waals surface area contributed by atoms with E-state index >= 15 is 0 Å². The third-order valence-electron chi connectivity index (χ3n) is 3.42. The highest BCUT2D eigenvalue weighted by Gasteiger charge is 2.18. The number of aromatic nitrogens is 1. The van der Waals surface area contributed by atoms with Crippen LogP contribution in [0.5, 0.6) is 0 Å². The molecule has 0 radical (unpaired) electrons.